The molecule has 2 heterocycles. The zero-order valence-electron chi connectivity index (χ0n) is 10.3. The molecule has 0 unspecified atom stereocenters. The van der Waals surface area contributed by atoms with Gasteiger partial charge >= 0.3 is 0 Å². The van der Waals surface area contributed by atoms with E-state index in [1.54, 1.807) is 0 Å². The number of ether oxygens (including phenoxy) is 2. The first-order valence-electron chi connectivity index (χ1n) is 6.34. The lowest BCUT2D eigenvalue weighted by Crippen LogP contribution is -2.43. The Morgan fingerprint density at radius 2 is 2.32 bits per heavy atom. The largest absolute Gasteiger partial charge is 0.464 e. The minimum absolute atomic E-state index is 0.0703. The van der Waals surface area contributed by atoms with Gasteiger partial charge in [-0.05, 0) is 31.0 Å². The second-order valence-corrected chi connectivity index (χ2v) is 5.88. The molecule has 3 atom stereocenters. The number of nitrogens with zero attached hydrogens (tertiary/aromatic N) is 1. The van der Waals surface area contributed by atoms with E-state index in [0.29, 0.717) is 12.4 Å². The summed E-state index contributed by atoms with van der Waals surface area (Å²) < 4.78 is 12.4. The van der Waals surface area contributed by atoms with E-state index < -0.39 is 0 Å². The summed E-state index contributed by atoms with van der Waals surface area (Å²) in [7, 11) is 0. The van der Waals surface area contributed by atoms with E-state index in [4.69, 9.17) is 9.47 Å². The van der Waals surface area contributed by atoms with Gasteiger partial charge in [0.05, 0.1) is 12.5 Å². The Bertz CT molecular complexity index is 507. The van der Waals surface area contributed by atoms with E-state index in [-0.39, 0.29) is 29.6 Å². The molecular formula is C13H14BrNO4. The van der Waals surface area contributed by atoms with Gasteiger partial charge in [-0.25, -0.2) is 0 Å². The monoisotopic (exact) mass is 327 g/mol. The van der Waals surface area contributed by atoms with Crippen molar-refractivity contribution in [1.82, 2.24) is 0 Å². The average molecular weight is 328 g/mol. The highest BCUT2D eigenvalue weighted by molar-refractivity contribution is 9.10. The SMILES string of the molecule is O=[N+]([O-])C[C@@H]1c2cc(Br)ccc2O[C@@H]2OCCC[C@@H]21. The summed E-state index contributed by atoms with van der Waals surface area (Å²) in [5, 5.41) is 10.9. The third kappa shape index (κ3) is 2.47. The predicted molar refractivity (Wildman–Crippen MR) is 71.8 cm³/mol. The maximum Gasteiger partial charge on any atom is 0.211 e. The van der Waals surface area contributed by atoms with E-state index in [1.165, 1.54) is 0 Å². The van der Waals surface area contributed by atoms with Crippen LogP contribution in [0.3, 0.4) is 0 Å². The zero-order valence-corrected chi connectivity index (χ0v) is 11.8. The van der Waals surface area contributed by atoms with Crippen LogP contribution < -0.4 is 4.74 Å². The summed E-state index contributed by atoms with van der Waals surface area (Å²) in [6.07, 6.45) is 1.50. The van der Waals surface area contributed by atoms with E-state index >= 15 is 0 Å². The van der Waals surface area contributed by atoms with Gasteiger partial charge in [-0.2, -0.15) is 0 Å². The summed E-state index contributed by atoms with van der Waals surface area (Å²) in [5.41, 5.74) is 0.915. The van der Waals surface area contributed by atoms with E-state index in [1.807, 2.05) is 18.2 Å². The van der Waals surface area contributed by atoms with Crippen molar-refractivity contribution in [2.75, 3.05) is 13.2 Å². The van der Waals surface area contributed by atoms with Crippen LogP contribution in [0.1, 0.15) is 24.3 Å². The van der Waals surface area contributed by atoms with Gasteiger partial charge in [0, 0.05) is 20.9 Å². The van der Waals surface area contributed by atoms with Gasteiger partial charge < -0.3 is 9.47 Å². The van der Waals surface area contributed by atoms with Crippen LogP contribution in [0.15, 0.2) is 22.7 Å². The van der Waals surface area contributed by atoms with E-state index in [2.05, 4.69) is 15.9 Å². The fourth-order valence-electron chi connectivity index (χ4n) is 2.96. The summed E-state index contributed by atoms with van der Waals surface area (Å²) in [6.45, 7) is 0.593. The molecule has 102 valence electrons. The summed E-state index contributed by atoms with van der Waals surface area (Å²) in [5.74, 6) is 0.640. The summed E-state index contributed by atoms with van der Waals surface area (Å²) in [6, 6.07) is 5.65. The van der Waals surface area contributed by atoms with Crippen molar-refractivity contribution < 1.29 is 14.4 Å². The van der Waals surface area contributed by atoms with Crippen LogP contribution in [0.4, 0.5) is 0 Å². The van der Waals surface area contributed by atoms with Crippen molar-refractivity contribution in [1.29, 1.82) is 0 Å². The molecule has 3 rings (SSSR count). The minimum atomic E-state index is -0.340. The van der Waals surface area contributed by atoms with Crippen molar-refractivity contribution in [2.45, 2.75) is 25.0 Å². The van der Waals surface area contributed by atoms with Gasteiger partial charge in [-0.3, -0.25) is 10.1 Å². The molecule has 19 heavy (non-hydrogen) atoms. The van der Waals surface area contributed by atoms with Crippen molar-refractivity contribution >= 4 is 15.9 Å². The Morgan fingerprint density at radius 3 is 3.11 bits per heavy atom. The van der Waals surface area contributed by atoms with Gasteiger partial charge in [-0.15, -0.1) is 0 Å². The first-order valence-corrected chi connectivity index (χ1v) is 7.14. The maximum absolute atomic E-state index is 10.9. The molecular weight excluding hydrogens is 314 g/mol. The number of hydrogen-bond acceptors (Lipinski definition) is 4. The van der Waals surface area contributed by atoms with Gasteiger partial charge in [0.25, 0.3) is 0 Å². The van der Waals surface area contributed by atoms with Crippen LogP contribution in [0.5, 0.6) is 5.75 Å². The fraction of sp³-hybridized carbons (Fsp3) is 0.538. The molecule has 1 aromatic rings. The number of fused-ring (bicyclic) bond motifs is 2. The molecule has 1 aromatic carbocycles. The second kappa shape index (κ2) is 5.09. The van der Waals surface area contributed by atoms with Gasteiger partial charge in [0.15, 0.2) is 0 Å². The molecule has 0 spiro atoms. The number of halogens is 1. The highest BCUT2D eigenvalue weighted by Gasteiger charge is 2.43. The van der Waals surface area contributed by atoms with Crippen LogP contribution >= 0.6 is 15.9 Å². The molecule has 0 amide bonds. The summed E-state index contributed by atoms with van der Waals surface area (Å²) in [4.78, 5) is 10.7. The van der Waals surface area contributed by atoms with Gasteiger partial charge in [0.1, 0.15) is 5.75 Å². The summed E-state index contributed by atoms with van der Waals surface area (Å²) >= 11 is 3.42. The molecule has 1 saturated heterocycles. The predicted octanol–water partition coefficient (Wildman–Crippen LogP) is 2.95. The lowest BCUT2D eigenvalue weighted by atomic mass is 9.79. The lowest BCUT2D eigenvalue weighted by Gasteiger charge is -2.40. The van der Waals surface area contributed by atoms with Crippen molar-refractivity contribution in [3.63, 3.8) is 0 Å². The standard InChI is InChI=1S/C13H14BrNO4/c14-8-3-4-12-10(6-8)11(7-15(16)17)9-2-1-5-18-13(9)19-12/h3-4,6,9,11,13H,1-2,5,7H2/t9-,11+,13+/m1/s1. The maximum atomic E-state index is 10.9. The van der Waals surface area contributed by atoms with Crippen molar-refractivity contribution in [3.05, 3.63) is 38.3 Å². The zero-order chi connectivity index (χ0) is 13.4. The molecule has 0 radical (unpaired) electrons. The smallest absolute Gasteiger partial charge is 0.211 e. The van der Waals surface area contributed by atoms with Crippen LogP contribution in [0, 0.1) is 16.0 Å². The van der Waals surface area contributed by atoms with Crippen molar-refractivity contribution in [3.8, 4) is 5.75 Å². The third-order valence-corrected chi connectivity index (χ3v) is 4.28. The molecule has 0 bridgehead atoms. The number of nitro groups is 1. The number of benzene rings is 1. The van der Waals surface area contributed by atoms with E-state index in [0.717, 1.165) is 22.9 Å². The Balaban J connectivity index is 2.01. The first kappa shape index (κ1) is 12.9. The topological polar surface area (TPSA) is 61.6 Å². The molecule has 6 heteroatoms. The van der Waals surface area contributed by atoms with Crippen LogP contribution in [-0.4, -0.2) is 24.4 Å². The second-order valence-electron chi connectivity index (χ2n) is 4.97. The van der Waals surface area contributed by atoms with Crippen molar-refractivity contribution in [2.24, 2.45) is 5.92 Å². The molecule has 0 aromatic heterocycles. The molecule has 0 aliphatic carbocycles. The van der Waals surface area contributed by atoms with Gasteiger partial charge in [0.2, 0.25) is 12.8 Å². The Kier molecular flexibility index (Phi) is 3.45. The number of rotatable bonds is 2. The molecule has 5 nitrogen and oxygen atoms in total. The average Bonchev–Trinajstić information content (AvgIpc) is 2.39. The highest BCUT2D eigenvalue weighted by Crippen LogP contribution is 2.45. The van der Waals surface area contributed by atoms with E-state index in [9.17, 15) is 10.1 Å². The Labute approximate surface area is 119 Å². The lowest BCUT2D eigenvalue weighted by molar-refractivity contribution is -0.486. The minimum Gasteiger partial charge on any atom is -0.464 e. The Morgan fingerprint density at radius 1 is 1.47 bits per heavy atom. The highest BCUT2D eigenvalue weighted by atomic mass is 79.9. The quantitative estimate of drug-likeness (QED) is 0.619. The molecule has 1 fully saturated rings. The van der Waals surface area contributed by atoms with Crippen LogP contribution in [-0.2, 0) is 4.74 Å². The molecule has 2 aliphatic rings. The fourth-order valence-corrected chi connectivity index (χ4v) is 3.34. The third-order valence-electron chi connectivity index (χ3n) is 3.79. The first-order chi connectivity index (χ1) is 9.15. The number of hydrogen-bond donors (Lipinski definition) is 0. The van der Waals surface area contributed by atoms with Crippen LogP contribution in [0.25, 0.3) is 0 Å². The normalized spacial score (nSPS) is 29.0. The van der Waals surface area contributed by atoms with Crippen LogP contribution in [0.2, 0.25) is 0 Å². The molecule has 0 saturated carbocycles. The van der Waals surface area contributed by atoms with Gasteiger partial charge in [-0.1, -0.05) is 15.9 Å². The Hall–Kier alpha value is -1.14. The molecule has 2 aliphatic heterocycles. The molecule has 0 N–H and O–H groups in total.